The second-order valence-electron chi connectivity index (χ2n) is 20.2. The van der Waals surface area contributed by atoms with Crippen molar-refractivity contribution in [3.63, 3.8) is 0 Å². The van der Waals surface area contributed by atoms with Gasteiger partial charge in [-0.3, -0.25) is 4.79 Å². The quantitative estimate of drug-likeness (QED) is 0.0362. The van der Waals surface area contributed by atoms with Crippen LogP contribution in [0.5, 0.6) is 0 Å². The Morgan fingerprint density at radius 3 is 0.906 bits per heavy atom. The number of aliphatic hydroxyl groups is 3. The predicted molar refractivity (Wildman–Crippen MR) is 282 cm³/mol. The second-order valence-corrected chi connectivity index (χ2v) is 20.2. The summed E-state index contributed by atoms with van der Waals surface area (Å²) in [7, 11) is 0. The highest BCUT2D eigenvalue weighted by Crippen LogP contribution is 2.17. The lowest BCUT2D eigenvalue weighted by Gasteiger charge is -2.26. The van der Waals surface area contributed by atoms with Gasteiger partial charge in [-0.2, -0.15) is 0 Å². The molecule has 0 bridgehead atoms. The Bertz CT molecular complexity index is 951. The fourth-order valence-corrected chi connectivity index (χ4v) is 9.28. The standard InChI is InChI=1S/C59H115NO4/c1-3-5-7-9-11-13-15-17-19-21-23-25-27-28-29-30-32-34-36-38-40-42-44-46-48-50-52-54-58(63)60-56(55-61)59(64)57(62)53-51-49-47-45-43-41-39-37-35-33-31-26-24-22-20-18-16-14-12-10-8-6-4-2/h28-29,45,47,56-57,59,61-62,64H,3-27,30-44,46,48-55H2,1-2H3,(H,60,63)/b29-28-,47-45+. The molecule has 5 heteroatoms. The zero-order valence-electron chi connectivity index (χ0n) is 43.4. The van der Waals surface area contributed by atoms with Crippen LogP contribution < -0.4 is 5.32 Å². The Hall–Kier alpha value is -1.17. The van der Waals surface area contributed by atoms with Gasteiger partial charge in [-0.05, 0) is 64.2 Å². The van der Waals surface area contributed by atoms with Crippen LogP contribution in [0.25, 0.3) is 0 Å². The first-order chi connectivity index (χ1) is 31.6. The van der Waals surface area contributed by atoms with Crippen molar-refractivity contribution in [3.8, 4) is 0 Å². The summed E-state index contributed by atoms with van der Waals surface area (Å²) in [4.78, 5) is 12.5. The summed E-state index contributed by atoms with van der Waals surface area (Å²) in [6.07, 6.45) is 69.1. The van der Waals surface area contributed by atoms with Gasteiger partial charge in [-0.15, -0.1) is 0 Å². The highest BCUT2D eigenvalue weighted by molar-refractivity contribution is 5.76. The van der Waals surface area contributed by atoms with E-state index in [2.05, 4.69) is 43.5 Å². The van der Waals surface area contributed by atoms with Gasteiger partial charge >= 0.3 is 0 Å². The molecule has 0 aromatic rings. The van der Waals surface area contributed by atoms with E-state index in [9.17, 15) is 20.1 Å². The molecule has 0 aliphatic rings. The molecule has 0 radical (unpaired) electrons. The van der Waals surface area contributed by atoms with Gasteiger partial charge in [0.1, 0.15) is 6.10 Å². The zero-order valence-corrected chi connectivity index (χ0v) is 43.4. The molecule has 3 unspecified atom stereocenters. The first-order valence-corrected chi connectivity index (χ1v) is 29.1. The lowest BCUT2D eigenvalue weighted by Crippen LogP contribution is -2.50. The highest BCUT2D eigenvalue weighted by Gasteiger charge is 2.26. The van der Waals surface area contributed by atoms with Gasteiger partial charge in [-0.25, -0.2) is 0 Å². The number of allylic oxidation sites excluding steroid dienone is 4. The lowest BCUT2D eigenvalue weighted by atomic mass is 10.0. The Labute approximate surface area is 401 Å². The number of aliphatic hydroxyl groups excluding tert-OH is 3. The molecule has 4 N–H and O–H groups in total. The van der Waals surface area contributed by atoms with Gasteiger partial charge in [0.15, 0.2) is 0 Å². The van der Waals surface area contributed by atoms with Gasteiger partial charge in [0.2, 0.25) is 5.91 Å². The number of unbranched alkanes of at least 4 members (excludes halogenated alkanes) is 42. The number of carbonyl (C=O) groups is 1. The summed E-state index contributed by atoms with van der Waals surface area (Å²) in [5, 5.41) is 33.8. The summed E-state index contributed by atoms with van der Waals surface area (Å²) in [6.45, 7) is 4.21. The van der Waals surface area contributed by atoms with Gasteiger partial charge in [0.25, 0.3) is 0 Å². The number of amides is 1. The molecule has 0 heterocycles. The predicted octanol–water partition coefficient (Wildman–Crippen LogP) is 18.1. The fraction of sp³-hybridized carbons (Fsp3) is 0.915. The van der Waals surface area contributed by atoms with Gasteiger partial charge in [0.05, 0.1) is 18.8 Å². The average Bonchev–Trinajstić information content (AvgIpc) is 3.30. The summed E-state index contributed by atoms with van der Waals surface area (Å²) < 4.78 is 0. The third-order valence-corrected chi connectivity index (χ3v) is 13.8. The van der Waals surface area contributed by atoms with Crippen LogP contribution in [0.2, 0.25) is 0 Å². The smallest absolute Gasteiger partial charge is 0.220 e. The zero-order chi connectivity index (χ0) is 46.5. The van der Waals surface area contributed by atoms with Crippen LogP contribution in [0.15, 0.2) is 24.3 Å². The molecule has 0 spiro atoms. The average molecular weight is 903 g/mol. The third kappa shape index (κ3) is 48.8. The molecule has 0 fully saturated rings. The van der Waals surface area contributed by atoms with E-state index in [0.717, 1.165) is 38.5 Å². The maximum atomic E-state index is 12.5. The molecule has 3 atom stereocenters. The van der Waals surface area contributed by atoms with E-state index in [1.807, 2.05) is 0 Å². The molecule has 380 valence electrons. The van der Waals surface area contributed by atoms with Crippen LogP contribution in [0.4, 0.5) is 0 Å². The van der Waals surface area contributed by atoms with Crippen LogP contribution in [0, 0.1) is 0 Å². The van der Waals surface area contributed by atoms with Crippen molar-refractivity contribution in [2.45, 2.75) is 340 Å². The molecule has 0 saturated carbocycles. The van der Waals surface area contributed by atoms with Crippen molar-refractivity contribution >= 4 is 5.91 Å². The van der Waals surface area contributed by atoms with Crippen LogP contribution in [0.3, 0.4) is 0 Å². The van der Waals surface area contributed by atoms with E-state index in [4.69, 9.17) is 0 Å². The molecule has 64 heavy (non-hydrogen) atoms. The highest BCUT2D eigenvalue weighted by atomic mass is 16.3. The minimum atomic E-state index is -1.16. The molecular formula is C59H115NO4. The minimum Gasteiger partial charge on any atom is -0.394 e. The van der Waals surface area contributed by atoms with Gasteiger partial charge in [-0.1, -0.05) is 276 Å². The summed E-state index contributed by atoms with van der Waals surface area (Å²) in [5.74, 6) is -0.150. The van der Waals surface area contributed by atoms with Gasteiger partial charge < -0.3 is 20.6 Å². The van der Waals surface area contributed by atoms with Crippen molar-refractivity contribution in [3.05, 3.63) is 24.3 Å². The van der Waals surface area contributed by atoms with Crippen molar-refractivity contribution in [1.82, 2.24) is 5.32 Å². The molecular weight excluding hydrogens is 787 g/mol. The van der Waals surface area contributed by atoms with Gasteiger partial charge in [0, 0.05) is 6.42 Å². The van der Waals surface area contributed by atoms with Crippen molar-refractivity contribution in [1.29, 1.82) is 0 Å². The first-order valence-electron chi connectivity index (χ1n) is 29.1. The van der Waals surface area contributed by atoms with Crippen LogP contribution >= 0.6 is 0 Å². The molecule has 5 nitrogen and oxygen atoms in total. The molecule has 0 aliphatic carbocycles. The first kappa shape index (κ1) is 62.8. The maximum Gasteiger partial charge on any atom is 0.220 e. The number of hydrogen-bond donors (Lipinski definition) is 4. The topological polar surface area (TPSA) is 89.8 Å². The maximum absolute atomic E-state index is 12.5. The summed E-state index contributed by atoms with van der Waals surface area (Å²) >= 11 is 0. The monoisotopic (exact) mass is 902 g/mol. The number of nitrogens with one attached hydrogen (secondary N) is 1. The molecule has 0 aromatic carbocycles. The van der Waals surface area contributed by atoms with E-state index in [1.165, 1.54) is 257 Å². The van der Waals surface area contributed by atoms with Crippen molar-refractivity contribution in [2.24, 2.45) is 0 Å². The molecule has 0 aliphatic heterocycles. The van der Waals surface area contributed by atoms with Crippen LogP contribution in [-0.2, 0) is 4.79 Å². The Morgan fingerprint density at radius 1 is 0.375 bits per heavy atom. The van der Waals surface area contributed by atoms with Crippen molar-refractivity contribution < 1.29 is 20.1 Å². The van der Waals surface area contributed by atoms with Crippen molar-refractivity contribution in [2.75, 3.05) is 6.61 Å². The second kappa shape index (κ2) is 54.4. The fourth-order valence-electron chi connectivity index (χ4n) is 9.28. The van der Waals surface area contributed by atoms with E-state index in [-0.39, 0.29) is 12.5 Å². The summed E-state index contributed by atoms with van der Waals surface area (Å²) in [6, 6.07) is -0.826. The number of rotatable bonds is 54. The molecule has 0 saturated heterocycles. The largest absolute Gasteiger partial charge is 0.394 e. The number of hydrogen-bond acceptors (Lipinski definition) is 4. The molecule has 1 amide bonds. The third-order valence-electron chi connectivity index (χ3n) is 13.8. The normalized spacial score (nSPS) is 13.4. The molecule has 0 aromatic heterocycles. The SMILES string of the molecule is CCCCCCCCCCCCCC/C=C\CCCCCCCCCCCCCC(=O)NC(CO)C(O)C(O)CCC/C=C/CCCCCCCCCCCCCCCCCCCC. The van der Waals surface area contributed by atoms with E-state index in [1.54, 1.807) is 0 Å². The number of carbonyl (C=O) groups excluding carboxylic acids is 1. The van der Waals surface area contributed by atoms with E-state index in [0.29, 0.717) is 12.8 Å². The molecule has 0 rings (SSSR count). The van der Waals surface area contributed by atoms with E-state index >= 15 is 0 Å². The lowest BCUT2D eigenvalue weighted by molar-refractivity contribution is -0.124. The Morgan fingerprint density at radius 2 is 0.625 bits per heavy atom. The summed E-state index contributed by atoms with van der Waals surface area (Å²) in [5.41, 5.74) is 0. The van der Waals surface area contributed by atoms with Crippen LogP contribution in [-0.4, -0.2) is 46.1 Å². The minimum absolute atomic E-state index is 0.150. The Kier molecular flexibility index (Phi) is 53.4. The van der Waals surface area contributed by atoms with E-state index < -0.39 is 18.2 Å². The Balaban J connectivity index is 3.55. The van der Waals surface area contributed by atoms with Crippen LogP contribution in [0.1, 0.15) is 322 Å².